The van der Waals surface area contributed by atoms with Crippen LogP contribution in [-0.4, -0.2) is 51.3 Å². The maximum Gasteiger partial charge on any atom is 0.180 e. The van der Waals surface area contributed by atoms with E-state index < -0.39 is 11.6 Å². The van der Waals surface area contributed by atoms with Crippen molar-refractivity contribution in [3.05, 3.63) is 66.6 Å². The van der Waals surface area contributed by atoms with Crippen molar-refractivity contribution in [1.82, 2.24) is 14.4 Å². The molecule has 0 aliphatic carbocycles. The highest BCUT2D eigenvalue weighted by Crippen LogP contribution is 2.42. The Kier molecular flexibility index (Phi) is 4.93. The van der Waals surface area contributed by atoms with Gasteiger partial charge in [-0.2, -0.15) is 0 Å². The van der Waals surface area contributed by atoms with Crippen molar-refractivity contribution >= 4 is 28.5 Å². The standard InChI is InChI=1S/C26H28N6O2/c1-26(2)23(33)20-8-3-17(15-21(20)30-26)22-16-32-10-9-27-25(32)24(29-22)28-18-4-6-19(7-5-18)31-11-13-34-14-12-31/h3-10,15-16,23,30,33H,11-14H2,1-2H3,(H,28,29)/t23-/m1/s1. The molecule has 6 rings (SSSR count). The molecule has 2 aromatic carbocycles. The van der Waals surface area contributed by atoms with Crippen LogP contribution in [-0.2, 0) is 4.74 Å². The minimum Gasteiger partial charge on any atom is -0.386 e. The molecule has 1 fully saturated rings. The lowest BCUT2D eigenvalue weighted by molar-refractivity contribution is 0.122. The third-order valence-electron chi connectivity index (χ3n) is 6.66. The summed E-state index contributed by atoms with van der Waals surface area (Å²) >= 11 is 0. The first-order chi connectivity index (χ1) is 16.5. The van der Waals surface area contributed by atoms with Crippen molar-refractivity contribution < 1.29 is 9.84 Å². The average molecular weight is 457 g/mol. The topological polar surface area (TPSA) is 87.0 Å². The summed E-state index contributed by atoms with van der Waals surface area (Å²) in [4.78, 5) is 11.8. The summed E-state index contributed by atoms with van der Waals surface area (Å²) in [5.74, 6) is 0.690. The monoisotopic (exact) mass is 456 g/mol. The van der Waals surface area contributed by atoms with Gasteiger partial charge in [0, 0.05) is 59.9 Å². The number of anilines is 4. The zero-order valence-corrected chi connectivity index (χ0v) is 19.3. The Hall–Kier alpha value is -3.62. The molecule has 0 saturated carbocycles. The van der Waals surface area contributed by atoms with Gasteiger partial charge >= 0.3 is 0 Å². The van der Waals surface area contributed by atoms with Gasteiger partial charge in [0.1, 0.15) is 6.10 Å². The Labute approximate surface area is 198 Å². The fraction of sp³-hybridized carbons (Fsp3) is 0.308. The summed E-state index contributed by atoms with van der Waals surface area (Å²) in [5.41, 5.74) is 6.15. The molecule has 8 nitrogen and oxygen atoms in total. The van der Waals surface area contributed by atoms with Crippen LogP contribution in [0.2, 0.25) is 0 Å². The SMILES string of the molecule is CC1(C)Nc2cc(-c3cn4ccnc4c(Nc4ccc(N5CCOCC5)cc4)n3)ccc2[C@H]1O. The van der Waals surface area contributed by atoms with Crippen LogP contribution in [0.4, 0.5) is 22.9 Å². The summed E-state index contributed by atoms with van der Waals surface area (Å²) in [7, 11) is 0. The maximum absolute atomic E-state index is 10.6. The molecular formula is C26H28N6O2. The fourth-order valence-corrected chi connectivity index (χ4v) is 4.73. The van der Waals surface area contributed by atoms with Crippen LogP contribution in [0, 0.1) is 0 Å². The number of imidazole rings is 1. The van der Waals surface area contributed by atoms with E-state index in [1.54, 1.807) is 6.20 Å². The molecule has 0 spiro atoms. The third kappa shape index (κ3) is 3.65. The van der Waals surface area contributed by atoms with E-state index >= 15 is 0 Å². The van der Waals surface area contributed by atoms with Gasteiger partial charge in [-0.1, -0.05) is 12.1 Å². The number of morpholine rings is 1. The average Bonchev–Trinajstić information content (AvgIpc) is 3.42. The number of ether oxygens (including phenoxy) is 1. The van der Waals surface area contributed by atoms with Crippen molar-refractivity contribution in [2.45, 2.75) is 25.5 Å². The van der Waals surface area contributed by atoms with E-state index in [9.17, 15) is 5.11 Å². The number of fused-ring (bicyclic) bond motifs is 2. The molecule has 4 heterocycles. The lowest BCUT2D eigenvalue weighted by Crippen LogP contribution is -2.36. The number of aliphatic hydroxyl groups excluding tert-OH is 1. The zero-order chi connectivity index (χ0) is 23.3. The Morgan fingerprint density at radius 1 is 1.12 bits per heavy atom. The lowest BCUT2D eigenvalue weighted by Gasteiger charge is -2.28. The Balaban J connectivity index is 1.31. The predicted octanol–water partition coefficient (Wildman–Crippen LogP) is 4.21. The Morgan fingerprint density at radius 3 is 2.71 bits per heavy atom. The molecule has 0 radical (unpaired) electrons. The summed E-state index contributed by atoms with van der Waals surface area (Å²) in [5, 5.41) is 17.5. The molecule has 2 aliphatic heterocycles. The number of nitrogens with one attached hydrogen (secondary N) is 2. The summed E-state index contributed by atoms with van der Waals surface area (Å²) in [6.45, 7) is 7.36. The number of hydrogen-bond acceptors (Lipinski definition) is 7. The molecule has 1 saturated heterocycles. The minimum atomic E-state index is -0.543. The van der Waals surface area contributed by atoms with E-state index in [4.69, 9.17) is 9.72 Å². The molecule has 1 atom stereocenters. The van der Waals surface area contributed by atoms with Gasteiger partial charge in [0.25, 0.3) is 0 Å². The summed E-state index contributed by atoms with van der Waals surface area (Å²) in [6.07, 6.45) is 5.13. The number of rotatable bonds is 4. The van der Waals surface area contributed by atoms with E-state index in [-0.39, 0.29) is 0 Å². The van der Waals surface area contributed by atoms with Gasteiger partial charge in [0.05, 0.1) is 24.4 Å². The Bertz CT molecular complexity index is 1340. The van der Waals surface area contributed by atoms with Crippen LogP contribution < -0.4 is 15.5 Å². The highest BCUT2D eigenvalue weighted by atomic mass is 16.5. The first-order valence-corrected chi connectivity index (χ1v) is 11.6. The number of aromatic nitrogens is 3. The lowest BCUT2D eigenvalue weighted by atomic mass is 9.96. The summed E-state index contributed by atoms with van der Waals surface area (Å²) in [6, 6.07) is 14.4. The maximum atomic E-state index is 10.6. The largest absolute Gasteiger partial charge is 0.386 e. The molecule has 8 heteroatoms. The molecule has 0 unspecified atom stereocenters. The molecule has 3 N–H and O–H groups in total. The minimum absolute atomic E-state index is 0.400. The second-order valence-corrected chi connectivity index (χ2v) is 9.46. The zero-order valence-electron chi connectivity index (χ0n) is 19.3. The molecule has 2 aromatic heterocycles. The van der Waals surface area contributed by atoms with E-state index in [0.29, 0.717) is 5.82 Å². The smallest absolute Gasteiger partial charge is 0.180 e. The molecule has 2 aliphatic rings. The molecule has 0 amide bonds. The molecule has 4 aromatic rings. The molecule has 174 valence electrons. The van der Waals surface area contributed by atoms with Crippen molar-refractivity contribution in [3.8, 4) is 11.3 Å². The number of benzene rings is 2. The van der Waals surface area contributed by atoms with E-state index in [1.807, 2.05) is 42.8 Å². The summed E-state index contributed by atoms with van der Waals surface area (Å²) < 4.78 is 7.44. The van der Waals surface area contributed by atoms with E-state index in [2.05, 4.69) is 50.8 Å². The normalized spacial score (nSPS) is 19.1. The Morgan fingerprint density at radius 2 is 1.91 bits per heavy atom. The number of aliphatic hydroxyl groups is 1. The van der Waals surface area contributed by atoms with Crippen molar-refractivity contribution in [3.63, 3.8) is 0 Å². The van der Waals surface area contributed by atoms with Gasteiger partial charge in [-0.3, -0.25) is 0 Å². The highest BCUT2D eigenvalue weighted by molar-refractivity contribution is 5.76. The third-order valence-corrected chi connectivity index (χ3v) is 6.66. The van der Waals surface area contributed by atoms with E-state index in [1.165, 1.54) is 5.69 Å². The van der Waals surface area contributed by atoms with E-state index in [0.717, 1.165) is 60.1 Å². The van der Waals surface area contributed by atoms with Gasteiger partial charge in [-0.05, 0) is 44.2 Å². The van der Waals surface area contributed by atoms with Crippen LogP contribution >= 0.6 is 0 Å². The van der Waals surface area contributed by atoms with Crippen molar-refractivity contribution in [1.29, 1.82) is 0 Å². The highest BCUT2D eigenvalue weighted by Gasteiger charge is 2.37. The van der Waals surface area contributed by atoms with Crippen molar-refractivity contribution in [2.75, 3.05) is 41.8 Å². The first kappa shape index (κ1) is 20.9. The quantitative estimate of drug-likeness (QED) is 0.424. The van der Waals surface area contributed by atoms with Gasteiger partial charge in [0.15, 0.2) is 11.5 Å². The molecule has 34 heavy (non-hydrogen) atoms. The first-order valence-electron chi connectivity index (χ1n) is 11.6. The van der Waals surface area contributed by atoms with Crippen LogP contribution in [0.3, 0.4) is 0 Å². The van der Waals surface area contributed by atoms with Crippen molar-refractivity contribution in [2.24, 2.45) is 0 Å². The molecule has 0 bridgehead atoms. The van der Waals surface area contributed by atoms with Gasteiger partial charge in [0.2, 0.25) is 0 Å². The van der Waals surface area contributed by atoms with Gasteiger partial charge in [-0.25, -0.2) is 9.97 Å². The fourth-order valence-electron chi connectivity index (χ4n) is 4.73. The van der Waals surface area contributed by atoms with Crippen LogP contribution in [0.5, 0.6) is 0 Å². The number of hydrogen-bond donors (Lipinski definition) is 3. The molecular weight excluding hydrogens is 428 g/mol. The number of nitrogens with zero attached hydrogens (tertiary/aromatic N) is 4. The second kappa shape index (κ2) is 8.00. The van der Waals surface area contributed by atoms with Crippen LogP contribution in [0.1, 0.15) is 25.5 Å². The van der Waals surface area contributed by atoms with Gasteiger partial charge in [-0.15, -0.1) is 0 Å². The van der Waals surface area contributed by atoms with Crippen LogP contribution in [0.25, 0.3) is 16.9 Å². The second-order valence-electron chi connectivity index (χ2n) is 9.46. The van der Waals surface area contributed by atoms with Crippen LogP contribution in [0.15, 0.2) is 61.1 Å². The van der Waals surface area contributed by atoms with Gasteiger partial charge < -0.3 is 29.8 Å². The predicted molar refractivity (Wildman–Crippen MR) is 134 cm³/mol.